The Balaban J connectivity index is 2.83. The second-order valence-electron chi connectivity index (χ2n) is 4.51. The lowest BCUT2D eigenvalue weighted by Gasteiger charge is -2.12. The molecule has 1 aromatic rings. The van der Waals surface area contributed by atoms with Crippen molar-refractivity contribution in [3.8, 4) is 0 Å². The molecule has 0 fully saturated rings. The van der Waals surface area contributed by atoms with Crippen LogP contribution in [0.25, 0.3) is 0 Å². The van der Waals surface area contributed by atoms with Gasteiger partial charge >= 0.3 is 0 Å². The van der Waals surface area contributed by atoms with Crippen LogP contribution in [0.4, 0.5) is 0 Å². The van der Waals surface area contributed by atoms with Crippen LogP contribution in [0.2, 0.25) is 0 Å². The number of benzene rings is 1. The Bertz CT molecular complexity index is 500. The molecule has 1 atom stereocenters. The maximum absolute atomic E-state index is 12.2. The molecule has 0 saturated carbocycles. The van der Waals surface area contributed by atoms with Gasteiger partial charge in [0.15, 0.2) is 0 Å². The Morgan fingerprint density at radius 3 is 2.61 bits per heavy atom. The molecule has 3 nitrogen and oxygen atoms in total. The molecule has 1 unspecified atom stereocenters. The van der Waals surface area contributed by atoms with Gasteiger partial charge in [-0.3, -0.25) is 0 Å². The minimum atomic E-state index is -3.41. The summed E-state index contributed by atoms with van der Waals surface area (Å²) in [4.78, 5) is 0.557. The van der Waals surface area contributed by atoms with E-state index in [1.165, 1.54) is 0 Å². The number of hydrogen-bond acceptors (Lipinski definition) is 2. The first-order chi connectivity index (χ1) is 8.36. The van der Waals surface area contributed by atoms with Crippen LogP contribution in [0, 0.1) is 13.8 Å². The van der Waals surface area contributed by atoms with Crippen LogP contribution in [0.1, 0.15) is 30.9 Å². The highest BCUT2D eigenvalue weighted by Gasteiger charge is 2.17. The van der Waals surface area contributed by atoms with Gasteiger partial charge in [-0.05, 0) is 37.5 Å². The quantitative estimate of drug-likeness (QED) is 0.813. The van der Waals surface area contributed by atoms with Crippen LogP contribution >= 0.6 is 15.9 Å². The van der Waals surface area contributed by atoms with Crippen molar-refractivity contribution in [2.24, 2.45) is 0 Å². The first kappa shape index (κ1) is 15.7. The Labute approximate surface area is 118 Å². The lowest BCUT2D eigenvalue weighted by Crippen LogP contribution is -2.30. The molecule has 0 aliphatic carbocycles. The molecule has 0 saturated heterocycles. The van der Waals surface area contributed by atoms with E-state index in [0.717, 1.165) is 24.0 Å². The summed E-state index contributed by atoms with van der Waals surface area (Å²) in [5.41, 5.74) is 1.72. The highest BCUT2D eigenvalue weighted by molar-refractivity contribution is 9.09. The zero-order valence-corrected chi connectivity index (χ0v) is 13.4. The molecule has 102 valence electrons. The third kappa shape index (κ3) is 4.37. The average Bonchev–Trinajstić information content (AvgIpc) is 2.30. The molecule has 5 heteroatoms. The summed E-state index contributed by atoms with van der Waals surface area (Å²) in [5, 5.41) is 0. The first-order valence-corrected chi connectivity index (χ1v) is 8.47. The smallest absolute Gasteiger partial charge is 0.210 e. The monoisotopic (exact) mass is 333 g/mol. The summed E-state index contributed by atoms with van der Waals surface area (Å²) in [6.45, 7) is 6.20. The van der Waals surface area contributed by atoms with Crippen molar-refractivity contribution in [1.82, 2.24) is 4.72 Å². The zero-order valence-electron chi connectivity index (χ0n) is 11.0. The maximum Gasteiger partial charge on any atom is 0.240 e. The number of nitrogens with one attached hydrogen (secondary N) is 1. The van der Waals surface area contributed by atoms with Gasteiger partial charge in [-0.2, -0.15) is 0 Å². The number of halogens is 1. The molecule has 0 heterocycles. The third-order valence-corrected chi connectivity index (χ3v) is 5.08. The van der Waals surface area contributed by atoms with Gasteiger partial charge < -0.3 is 0 Å². The normalized spacial score (nSPS) is 13.6. The maximum atomic E-state index is 12.2. The van der Waals surface area contributed by atoms with Crippen LogP contribution in [0.5, 0.6) is 0 Å². The number of sulfonamides is 1. The fraction of sp³-hybridized carbons (Fsp3) is 0.538. The Morgan fingerprint density at radius 2 is 2.00 bits per heavy atom. The molecule has 0 spiro atoms. The first-order valence-electron chi connectivity index (χ1n) is 6.07. The van der Waals surface area contributed by atoms with Crippen molar-refractivity contribution in [3.05, 3.63) is 29.3 Å². The summed E-state index contributed by atoms with van der Waals surface area (Å²) in [7, 11) is -3.41. The van der Waals surface area contributed by atoms with Gasteiger partial charge in [0.2, 0.25) is 10.0 Å². The molecule has 0 radical (unpaired) electrons. The topological polar surface area (TPSA) is 46.2 Å². The summed E-state index contributed by atoms with van der Waals surface area (Å²) >= 11 is 3.47. The number of rotatable bonds is 6. The van der Waals surface area contributed by atoms with Gasteiger partial charge in [-0.25, -0.2) is 13.1 Å². The third-order valence-electron chi connectivity index (χ3n) is 2.73. The number of hydrogen-bond donors (Lipinski definition) is 1. The Morgan fingerprint density at radius 1 is 1.33 bits per heavy atom. The minimum absolute atomic E-state index is 0.183. The lowest BCUT2D eigenvalue weighted by atomic mass is 10.2. The van der Waals surface area contributed by atoms with Crippen LogP contribution in [-0.4, -0.2) is 19.8 Å². The van der Waals surface area contributed by atoms with Crippen molar-refractivity contribution in [3.63, 3.8) is 0 Å². The van der Waals surface area contributed by atoms with E-state index >= 15 is 0 Å². The van der Waals surface area contributed by atoms with Crippen LogP contribution < -0.4 is 4.72 Å². The zero-order chi connectivity index (χ0) is 13.8. The Kier molecular flexibility index (Phi) is 5.82. The molecule has 1 aromatic carbocycles. The second-order valence-corrected chi connectivity index (χ2v) is 7.54. The van der Waals surface area contributed by atoms with E-state index < -0.39 is 10.0 Å². The molecule has 1 rings (SSSR count). The fourth-order valence-corrected chi connectivity index (χ4v) is 3.93. The highest BCUT2D eigenvalue weighted by Crippen LogP contribution is 2.17. The van der Waals surface area contributed by atoms with Crippen LogP contribution in [0.15, 0.2) is 23.1 Å². The Hall–Kier alpha value is -0.390. The van der Waals surface area contributed by atoms with Gasteiger partial charge in [0, 0.05) is 11.4 Å². The molecule has 0 aliphatic heterocycles. The number of alkyl halides is 1. The SMILES string of the molecule is CCCC(Br)CNS(=O)(=O)c1cc(C)ccc1C. The van der Waals surface area contributed by atoms with Gasteiger partial charge in [-0.1, -0.05) is 41.4 Å². The number of aryl methyl sites for hydroxylation is 2. The van der Waals surface area contributed by atoms with Gasteiger partial charge in [-0.15, -0.1) is 0 Å². The van der Waals surface area contributed by atoms with E-state index in [-0.39, 0.29) is 4.83 Å². The highest BCUT2D eigenvalue weighted by atomic mass is 79.9. The molecular formula is C13H20BrNO2S. The van der Waals surface area contributed by atoms with E-state index in [1.54, 1.807) is 6.07 Å². The standard InChI is InChI=1S/C13H20BrNO2S/c1-4-5-12(14)9-15-18(16,17)13-8-10(2)6-7-11(13)3/h6-8,12,15H,4-5,9H2,1-3H3. The van der Waals surface area contributed by atoms with E-state index in [9.17, 15) is 8.42 Å². The molecule has 0 aliphatic rings. The van der Waals surface area contributed by atoms with Gasteiger partial charge in [0.25, 0.3) is 0 Å². The fourth-order valence-electron chi connectivity index (χ4n) is 1.69. The predicted octanol–water partition coefficient (Wildman–Crippen LogP) is 3.15. The van der Waals surface area contributed by atoms with Crippen molar-refractivity contribution in [2.75, 3.05) is 6.54 Å². The summed E-state index contributed by atoms with van der Waals surface area (Å²) in [6, 6.07) is 5.46. The lowest BCUT2D eigenvalue weighted by molar-refractivity contribution is 0.577. The molecule has 0 aromatic heterocycles. The van der Waals surface area contributed by atoms with E-state index in [0.29, 0.717) is 11.4 Å². The largest absolute Gasteiger partial charge is 0.240 e. The van der Waals surface area contributed by atoms with Gasteiger partial charge in [0.05, 0.1) is 4.90 Å². The molecule has 18 heavy (non-hydrogen) atoms. The average molecular weight is 334 g/mol. The van der Waals surface area contributed by atoms with E-state index in [2.05, 4.69) is 27.6 Å². The van der Waals surface area contributed by atoms with Crippen LogP contribution in [-0.2, 0) is 10.0 Å². The summed E-state index contributed by atoms with van der Waals surface area (Å²) in [6.07, 6.45) is 1.98. The molecule has 0 bridgehead atoms. The summed E-state index contributed by atoms with van der Waals surface area (Å²) in [5.74, 6) is 0. The predicted molar refractivity (Wildman–Crippen MR) is 78.7 cm³/mol. The summed E-state index contributed by atoms with van der Waals surface area (Å²) < 4.78 is 27.0. The second kappa shape index (κ2) is 6.68. The molecular weight excluding hydrogens is 314 g/mol. The minimum Gasteiger partial charge on any atom is -0.210 e. The van der Waals surface area contributed by atoms with Crippen LogP contribution in [0.3, 0.4) is 0 Å². The van der Waals surface area contributed by atoms with Gasteiger partial charge in [0.1, 0.15) is 0 Å². The van der Waals surface area contributed by atoms with E-state index in [1.807, 2.05) is 26.0 Å². The molecule has 1 N–H and O–H groups in total. The van der Waals surface area contributed by atoms with Crippen molar-refractivity contribution in [2.45, 2.75) is 43.3 Å². The van der Waals surface area contributed by atoms with Crippen molar-refractivity contribution >= 4 is 26.0 Å². The molecule has 0 amide bonds. The van der Waals surface area contributed by atoms with E-state index in [4.69, 9.17) is 0 Å². The van der Waals surface area contributed by atoms with Crippen molar-refractivity contribution < 1.29 is 8.42 Å². The van der Waals surface area contributed by atoms with Crippen molar-refractivity contribution in [1.29, 1.82) is 0 Å².